The van der Waals surface area contributed by atoms with Gasteiger partial charge in [0, 0.05) is 6.26 Å². The van der Waals surface area contributed by atoms with Crippen molar-refractivity contribution in [3.05, 3.63) is 65.5 Å². The van der Waals surface area contributed by atoms with Crippen molar-refractivity contribution in [1.82, 2.24) is 0 Å². The molecule has 0 aromatic heterocycles. The highest BCUT2D eigenvalue weighted by Gasteiger charge is 2.29. The molecule has 22 heavy (non-hydrogen) atoms. The lowest BCUT2D eigenvalue weighted by atomic mass is 9.84. The van der Waals surface area contributed by atoms with E-state index in [2.05, 4.69) is 0 Å². The van der Waals surface area contributed by atoms with Gasteiger partial charge in [-0.05, 0) is 60.1 Å². The molecule has 4 heteroatoms. The minimum absolute atomic E-state index is 0.212. The van der Waals surface area contributed by atoms with Crippen LogP contribution in [0.15, 0.2) is 53.4 Å². The van der Waals surface area contributed by atoms with Crippen LogP contribution in [0.2, 0.25) is 0 Å². The Kier molecular flexibility index (Phi) is 4.04. The Labute approximate surface area is 130 Å². The van der Waals surface area contributed by atoms with E-state index in [9.17, 15) is 12.8 Å². The zero-order valence-electron chi connectivity index (χ0n) is 12.5. The van der Waals surface area contributed by atoms with Crippen LogP contribution in [-0.2, 0) is 9.84 Å². The maximum absolute atomic E-state index is 13.1. The molecule has 2 atom stereocenters. The highest BCUT2D eigenvalue weighted by Crippen LogP contribution is 2.45. The number of hydrogen-bond acceptors (Lipinski definition) is 2. The van der Waals surface area contributed by atoms with Gasteiger partial charge in [-0.1, -0.05) is 30.7 Å². The number of halogens is 1. The van der Waals surface area contributed by atoms with Gasteiger partial charge in [0.25, 0.3) is 0 Å². The Morgan fingerprint density at radius 2 is 1.32 bits per heavy atom. The van der Waals surface area contributed by atoms with Gasteiger partial charge in [0.05, 0.1) is 4.90 Å². The normalized spacial score (nSPS) is 21.9. The molecule has 116 valence electrons. The SMILES string of the molecule is CS(=O)(=O)c1ccc(C2CCCC2c2ccc(F)cc2)cc1. The van der Waals surface area contributed by atoms with E-state index in [1.54, 1.807) is 12.1 Å². The van der Waals surface area contributed by atoms with Crippen molar-refractivity contribution in [1.29, 1.82) is 0 Å². The first kappa shape index (κ1) is 15.2. The van der Waals surface area contributed by atoms with Gasteiger partial charge >= 0.3 is 0 Å². The molecule has 2 nitrogen and oxygen atoms in total. The van der Waals surface area contributed by atoms with Crippen LogP contribution in [0, 0.1) is 5.82 Å². The fourth-order valence-electron chi connectivity index (χ4n) is 3.43. The molecule has 2 aromatic rings. The summed E-state index contributed by atoms with van der Waals surface area (Å²) >= 11 is 0. The predicted molar refractivity (Wildman–Crippen MR) is 85.3 cm³/mol. The average Bonchev–Trinajstić information content (AvgIpc) is 2.97. The van der Waals surface area contributed by atoms with Crippen LogP contribution in [0.1, 0.15) is 42.2 Å². The molecule has 0 saturated heterocycles. The molecular weight excluding hydrogens is 299 g/mol. The topological polar surface area (TPSA) is 34.1 Å². The molecule has 0 N–H and O–H groups in total. The number of rotatable bonds is 3. The minimum Gasteiger partial charge on any atom is -0.224 e. The summed E-state index contributed by atoms with van der Waals surface area (Å²) in [5.41, 5.74) is 2.33. The van der Waals surface area contributed by atoms with Gasteiger partial charge in [-0.15, -0.1) is 0 Å². The molecule has 1 fully saturated rings. The summed E-state index contributed by atoms with van der Waals surface area (Å²) in [7, 11) is -3.16. The molecule has 1 aliphatic rings. The van der Waals surface area contributed by atoms with Crippen molar-refractivity contribution >= 4 is 9.84 Å². The first-order chi connectivity index (χ1) is 10.4. The highest BCUT2D eigenvalue weighted by molar-refractivity contribution is 7.90. The van der Waals surface area contributed by atoms with Gasteiger partial charge < -0.3 is 0 Å². The Morgan fingerprint density at radius 3 is 1.77 bits per heavy atom. The van der Waals surface area contributed by atoms with E-state index < -0.39 is 9.84 Å². The Balaban J connectivity index is 1.88. The van der Waals surface area contributed by atoms with Crippen LogP contribution in [0.25, 0.3) is 0 Å². The monoisotopic (exact) mass is 318 g/mol. The van der Waals surface area contributed by atoms with Gasteiger partial charge in [-0.2, -0.15) is 0 Å². The molecular formula is C18H19FO2S. The summed E-state index contributed by atoms with van der Waals surface area (Å²) in [5.74, 6) is 0.541. The van der Waals surface area contributed by atoms with Gasteiger partial charge in [0.2, 0.25) is 0 Å². The quantitative estimate of drug-likeness (QED) is 0.846. The summed E-state index contributed by atoms with van der Waals surface area (Å²) < 4.78 is 36.2. The number of sulfone groups is 1. The number of hydrogen-bond donors (Lipinski definition) is 0. The second kappa shape index (κ2) is 5.84. The van der Waals surface area contributed by atoms with E-state index in [4.69, 9.17) is 0 Å². The second-order valence-electron chi connectivity index (χ2n) is 6.04. The van der Waals surface area contributed by atoms with E-state index >= 15 is 0 Å². The van der Waals surface area contributed by atoms with Crippen molar-refractivity contribution < 1.29 is 12.8 Å². The summed E-state index contributed by atoms with van der Waals surface area (Å²) in [5, 5.41) is 0. The highest BCUT2D eigenvalue weighted by atomic mass is 32.2. The Hall–Kier alpha value is -1.68. The molecule has 1 saturated carbocycles. The van der Waals surface area contributed by atoms with Gasteiger partial charge in [-0.25, -0.2) is 12.8 Å². The third-order valence-electron chi connectivity index (χ3n) is 4.55. The first-order valence-electron chi connectivity index (χ1n) is 7.50. The summed E-state index contributed by atoms with van der Waals surface area (Å²) in [4.78, 5) is 0.354. The lowest BCUT2D eigenvalue weighted by Gasteiger charge is -2.21. The third-order valence-corrected chi connectivity index (χ3v) is 5.68. The second-order valence-corrected chi connectivity index (χ2v) is 8.05. The fourth-order valence-corrected chi connectivity index (χ4v) is 4.06. The Morgan fingerprint density at radius 1 is 0.864 bits per heavy atom. The van der Waals surface area contributed by atoms with Crippen molar-refractivity contribution in [3.63, 3.8) is 0 Å². The van der Waals surface area contributed by atoms with E-state index in [1.807, 2.05) is 24.3 Å². The predicted octanol–water partition coefficient (Wildman–Crippen LogP) is 4.28. The Bertz CT molecular complexity index is 749. The first-order valence-corrected chi connectivity index (χ1v) is 9.40. The third kappa shape index (κ3) is 3.07. The summed E-state index contributed by atoms with van der Waals surface area (Å²) in [6, 6.07) is 14.0. The maximum atomic E-state index is 13.1. The molecule has 0 heterocycles. The van der Waals surface area contributed by atoms with E-state index in [-0.39, 0.29) is 5.82 Å². The maximum Gasteiger partial charge on any atom is 0.175 e. The fraction of sp³-hybridized carbons (Fsp3) is 0.333. The lowest BCUT2D eigenvalue weighted by Crippen LogP contribution is -2.05. The molecule has 2 unspecified atom stereocenters. The van der Waals surface area contributed by atoms with Crippen molar-refractivity contribution in [3.8, 4) is 0 Å². The molecule has 2 aromatic carbocycles. The largest absolute Gasteiger partial charge is 0.224 e. The van der Waals surface area contributed by atoms with Crippen molar-refractivity contribution in [2.45, 2.75) is 36.0 Å². The molecule has 0 bridgehead atoms. The number of benzene rings is 2. The lowest BCUT2D eigenvalue weighted by molar-refractivity contribution is 0.601. The summed E-state index contributed by atoms with van der Waals surface area (Å²) in [6.07, 6.45) is 4.53. The zero-order valence-corrected chi connectivity index (χ0v) is 13.3. The molecule has 0 amide bonds. The molecule has 0 radical (unpaired) electrons. The molecule has 0 aliphatic heterocycles. The zero-order chi connectivity index (χ0) is 15.7. The van der Waals surface area contributed by atoms with E-state index in [1.165, 1.54) is 24.0 Å². The molecule has 0 spiro atoms. The van der Waals surface area contributed by atoms with Gasteiger partial charge in [0.1, 0.15) is 5.82 Å². The van der Waals surface area contributed by atoms with Crippen LogP contribution >= 0.6 is 0 Å². The average molecular weight is 318 g/mol. The van der Waals surface area contributed by atoms with Gasteiger partial charge in [-0.3, -0.25) is 0 Å². The van der Waals surface area contributed by atoms with Crippen LogP contribution in [-0.4, -0.2) is 14.7 Å². The smallest absolute Gasteiger partial charge is 0.175 e. The molecule has 3 rings (SSSR count). The van der Waals surface area contributed by atoms with Crippen LogP contribution < -0.4 is 0 Å². The standard InChI is InChI=1S/C18H19FO2S/c1-22(20,21)16-11-7-14(8-12-16)18-4-2-3-17(18)13-5-9-15(19)10-6-13/h5-12,17-18H,2-4H2,1H3. The minimum atomic E-state index is -3.16. The molecule has 1 aliphatic carbocycles. The van der Waals surface area contributed by atoms with E-state index in [0.29, 0.717) is 16.7 Å². The van der Waals surface area contributed by atoms with E-state index in [0.717, 1.165) is 24.8 Å². The summed E-state index contributed by atoms with van der Waals surface area (Å²) in [6.45, 7) is 0. The van der Waals surface area contributed by atoms with Crippen molar-refractivity contribution in [2.24, 2.45) is 0 Å². The van der Waals surface area contributed by atoms with Crippen LogP contribution in [0.3, 0.4) is 0 Å². The van der Waals surface area contributed by atoms with Crippen molar-refractivity contribution in [2.75, 3.05) is 6.26 Å². The van der Waals surface area contributed by atoms with Crippen LogP contribution in [0.4, 0.5) is 4.39 Å². The van der Waals surface area contributed by atoms with Gasteiger partial charge in [0.15, 0.2) is 9.84 Å². The van der Waals surface area contributed by atoms with Crippen LogP contribution in [0.5, 0.6) is 0 Å².